The van der Waals surface area contributed by atoms with Crippen LogP contribution in [-0.2, 0) is 13.0 Å². The van der Waals surface area contributed by atoms with Gasteiger partial charge in [0.25, 0.3) is 5.82 Å². The van der Waals surface area contributed by atoms with Crippen molar-refractivity contribution in [3.63, 3.8) is 0 Å². The summed E-state index contributed by atoms with van der Waals surface area (Å²) in [6.07, 6.45) is 10.9. The van der Waals surface area contributed by atoms with Crippen LogP contribution in [0.25, 0.3) is 0 Å². The van der Waals surface area contributed by atoms with Gasteiger partial charge in [-0.05, 0) is 33.1 Å². The Morgan fingerprint density at radius 1 is 1.19 bits per heavy atom. The summed E-state index contributed by atoms with van der Waals surface area (Å²) < 4.78 is 4.86. The second-order valence-corrected chi connectivity index (χ2v) is 4.87. The third kappa shape index (κ3) is 3.36. The van der Waals surface area contributed by atoms with Gasteiger partial charge >= 0.3 is 0 Å². The van der Waals surface area contributed by atoms with E-state index < -0.39 is 0 Å². The highest BCUT2D eigenvalue weighted by molar-refractivity contribution is 4.86. The Morgan fingerprint density at radius 3 is 2.50 bits per heavy atom. The van der Waals surface area contributed by atoms with Gasteiger partial charge in [0.1, 0.15) is 12.4 Å². The van der Waals surface area contributed by atoms with Gasteiger partial charge in [0.15, 0.2) is 0 Å². The van der Waals surface area contributed by atoms with E-state index in [1.165, 1.54) is 44.5 Å². The second-order valence-electron chi connectivity index (χ2n) is 4.87. The Kier molecular flexibility index (Phi) is 5.58. The van der Waals surface area contributed by atoms with E-state index in [1.807, 2.05) is 0 Å². The molecule has 0 spiro atoms. The topological polar surface area (TPSA) is 8.81 Å². The van der Waals surface area contributed by atoms with Crippen LogP contribution in [-0.4, -0.2) is 4.57 Å². The lowest BCUT2D eigenvalue weighted by molar-refractivity contribution is -0.704. The van der Waals surface area contributed by atoms with Gasteiger partial charge in [0.2, 0.25) is 0 Å². The molecule has 92 valence electrons. The first kappa shape index (κ1) is 13.3. The van der Waals surface area contributed by atoms with Crippen molar-refractivity contribution < 1.29 is 4.57 Å². The lowest BCUT2D eigenvalue weighted by Crippen LogP contribution is -2.37. The van der Waals surface area contributed by atoms with Crippen LogP contribution in [0.5, 0.6) is 0 Å². The minimum Gasteiger partial charge on any atom is -0.234 e. The maximum atomic E-state index is 2.44. The lowest BCUT2D eigenvalue weighted by Gasteiger charge is -2.06. The maximum Gasteiger partial charge on any atom is 0.256 e. The zero-order valence-corrected chi connectivity index (χ0v) is 11.4. The van der Waals surface area contributed by atoms with E-state index in [4.69, 9.17) is 0 Å². The van der Waals surface area contributed by atoms with Crippen LogP contribution in [0, 0.1) is 0 Å². The summed E-state index contributed by atoms with van der Waals surface area (Å²) in [5.41, 5.74) is 0. The molecule has 1 heterocycles. The average molecular weight is 223 g/mol. The predicted octanol–water partition coefficient (Wildman–Crippen LogP) is 3.50. The molecular formula is C14H27N2+. The van der Waals surface area contributed by atoms with Crippen LogP contribution < -0.4 is 4.57 Å². The Bertz CT molecular complexity index is 300. The molecule has 16 heavy (non-hydrogen) atoms. The van der Waals surface area contributed by atoms with Crippen molar-refractivity contribution in [3.05, 3.63) is 18.2 Å². The summed E-state index contributed by atoms with van der Waals surface area (Å²) in [4.78, 5) is 0. The number of unbranched alkanes of at least 4 members (excludes halogenated alkanes) is 2. The van der Waals surface area contributed by atoms with Crippen LogP contribution in [0.1, 0.15) is 65.2 Å². The van der Waals surface area contributed by atoms with Crippen LogP contribution in [0.3, 0.4) is 0 Å². The molecule has 1 rings (SSSR count). The maximum absolute atomic E-state index is 2.44. The van der Waals surface area contributed by atoms with Crippen molar-refractivity contribution >= 4 is 0 Å². The zero-order valence-electron chi connectivity index (χ0n) is 11.4. The summed E-state index contributed by atoms with van der Waals surface area (Å²) in [7, 11) is 0. The van der Waals surface area contributed by atoms with Gasteiger partial charge in [-0.15, -0.1) is 0 Å². The van der Waals surface area contributed by atoms with Gasteiger partial charge in [-0.2, -0.15) is 0 Å². The Morgan fingerprint density at radius 2 is 1.94 bits per heavy atom. The smallest absolute Gasteiger partial charge is 0.234 e. The van der Waals surface area contributed by atoms with Gasteiger partial charge in [0, 0.05) is 6.42 Å². The van der Waals surface area contributed by atoms with Crippen LogP contribution in [0.4, 0.5) is 0 Å². The molecule has 0 N–H and O–H groups in total. The lowest BCUT2D eigenvalue weighted by atomic mass is 10.2. The van der Waals surface area contributed by atoms with Crippen LogP contribution in [0.2, 0.25) is 0 Å². The van der Waals surface area contributed by atoms with E-state index in [9.17, 15) is 0 Å². The second kappa shape index (κ2) is 6.72. The first-order valence-electron chi connectivity index (χ1n) is 6.79. The highest BCUT2D eigenvalue weighted by atomic mass is 15.2. The minimum absolute atomic E-state index is 0.578. The fraction of sp³-hybridized carbons (Fsp3) is 0.786. The van der Waals surface area contributed by atoms with Gasteiger partial charge in [0.05, 0.1) is 12.6 Å². The number of aromatic nitrogens is 2. The molecule has 2 nitrogen and oxygen atoms in total. The van der Waals surface area contributed by atoms with E-state index in [0.717, 1.165) is 0 Å². The van der Waals surface area contributed by atoms with Gasteiger partial charge in [-0.25, -0.2) is 9.13 Å². The standard InChI is InChI=1S/C14H27N2/c1-5-7-8-10-15-11-12-16(13(3)4)14(15)9-6-2/h11-13H,5-10H2,1-4H3/q+1. The van der Waals surface area contributed by atoms with E-state index in [1.54, 1.807) is 0 Å². The number of rotatable bonds is 7. The SMILES string of the molecule is CCCCC[n+]1ccn(C(C)C)c1CCC. The summed E-state index contributed by atoms with van der Waals surface area (Å²) in [6.45, 7) is 10.2. The zero-order chi connectivity index (χ0) is 12.0. The molecule has 0 aromatic carbocycles. The minimum atomic E-state index is 0.578. The van der Waals surface area contributed by atoms with Crippen molar-refractivity contribution in [1.82, 2.24) is 4.57 Å². The van der Waals surface area contributed by atoms with E-state index >= 15 is 0 Å². The van der Waals surface area contributed by atoms with E-state index in [0.29, 0.717) is 6.04 Å². The fourth-order valence-electron chi connectivity index (χ4n) is 2.17. The molecule has 0 radical (unpaired) electrons. The Hall–Kier alpha value is -0.790. The largest absolute Gasteiger partial charge is 0.256 e. The molecule has 0 saturated carbocycles. The average Bonchev–Trinajstić information content (AvgIpc) is 2.63. The number of nitrogens with zero attached hydrogens (tertiary/aromatic N) is 2. The summed E-state index contributed by atoms with van der Waals surface area (Å²) >= 11 is 0. The quantitative estimate of drug-likeness (QED) is 0.494. The molecule has 2 heteroatoms. The number of imidazole rings is 1. The van der Waals surface area contributed by atoms with Gasteiger partial charge in [-0.3, -0.25) is 0 Å². The first-order valence-corrected chi connectivity index (χ1v) is 6.79. The molecule has 1 aromatic heterocycles. The van der Waals surface area contributed by atoms with Crippen molar-refractivity contribution in [3.8, 4) is 0 Å². The first-order chi connectivity index (χ1) is 7.70. The van der Waals surface area contributed by atoms with Gasteiger partial charge < -0.3 is 0 Å². The molecular weight excluding hydrogens is 196 g/mol. The highest BCUT2D eigenvalue weighted by Gasteiger charge is 2.17. The van der Waals surface area contributed by atoms with Crippen LogP contribution in [0.15, 0.2) is 12.4 Å². The van der Waals surface area contributed by atoms with Crippen LogP contribution >= 0.6 is 0 Å². The van der Waals surface area contributed by atoms with Crippen molar-refractivity contribution in [2.45, 2.75) is 72.4 Å². The van der Waals surface area contributed by atoms with Crippen molar-refractivity contribution in [2.24, 2.45) is 0 Å². The Labute approximate surface area is 100 Å². The molecule has 0 atom stereocenters. The van der Waals surface area contributed by atoms with Gasteiger partial charge in [-0.1, -0.05) is 20.3 Å². The Balaban J connectivity index is 2.74. The third-order valence-corrected chi connectivity index (χ3v) is 3.07. The number of hydrogen-bond donors (Lipinski definition) is 0. The normalized spacial score (nSPS) is 11.3. The molecule has 0 amide bonds. The molecule has 1 aromatic rings. The summed E-state index contributed by atoms with van der Waals surface area (Å²) in [5, 5.41) is 0. The number of aryl methyl sites for hydroxylation is 1. The van der Waals surface area contributed by atoms with E-state index in [2.05, 4.69) is 49.2 Å². The van der Waals surface area contributed by atoms with Crippen molar-refractivity contribution in [1.29, 1.82) is 0 Å². The fourth-order valence-corrected chi connectivity index (χ4v) is 2.17. The predicted molar refractivity (Wildman–Crippen MR) is 68.5 cm³/mol. The molecule has 0 unspecified atom stereocenters. The molecule has 0 saturated heterocycles. The molecule has 0 fully saturated rings. The molecule has 0 bridgehead atoms. The van der Waals surface area contributed by atoms with E-state index in [-0.39, 0.29) is 0 Å². The summed E-state index contributed by atoms with van der Waals surface area (Å²) in [6, 6.07) is 0.578. The molecule has 0 aliphatic carbocycles. The monoisotopic (exact) mass is 223 g/mol. The summed E-state index contributed by atoms with van der Waals surface area (Å²) in [5.74, 6) is 1.49. The number of hydrogen-bond acceptors (Lipinski definition) is 0. The molecule has 0 aliphatic rings. The highest BCUT2D eigenvalue weighted by Crippen LogP contribution is 2.09. The third-order valence-electron chi connectivity index (χ3n) is 3.07. The van der Waals surface area contributed by atoms with Crippen molar-refractivity contribution in [2.75, 3.05) is 0 Å². The molecule has 0 aliphatic heterocycles.